The van der Waals surface area contributed by atoms with Crippen LogP contribution in [0.1, 0.15) is 19.8 Å². The number of hydrogen-bond donors (Lipinski definition) is 1. The Morgan fingerprint density at radius 3 is 2.59 bits per heavy atom. The van der Waals surface area contributed by atoms with E-state index in [2.05, 4.69) is 17.3 Å². The molecule has 7 heteroatoms. The number of unbranched alkanes of at least 4 members (excludes halogenated alkanes) is 1. The standard InChI is InChI=1S/C22H22ClN3O3/c1-2-3-14-29-17-10-8-16(9-11-17)24-21(27)15-26-22(28)13-12-20(25-26)18-6-4-5-7-19(18)23/h4-13H,2-3,14-15H2,1H3,(H,24,27). The van der Waals surface area contributed by atoms with E-state index in [1.807, 2.05) is 18.2 Å². The van der Waals surface area contributed by atoms with Gasteiger partial charge in [0, 0.05) is 17.3 Å². The number of aromatic nitrogens is 2. The zero-order valence-electron chi connectivity index (χ0n) is 16.1. The van der Waals surface area contributed by atoms with E-state index in [9.17, 15) is 9.59 Å². The molecule has 6 nitrogen and oxygen atoms in total. The van der Waals surface area contributed by atoms with E-state index >= 15 is 0 Å². The molecule has 0 unspecified atom stereocenters. The number of halogens is 1. The fourth-order valence-corrected chi connectivity index (χ4v) is 2.91. The summed E-state index contributed by atoms with van der Waals surface area (Å²) in [4.78, 5) is 24.5. The summed E-state index contributed by atoms with van der Waals surface area (Å²) in [5, 5.41) is 7.57. The van der Waals surface area contributed by atoms with Crippen molar-refractivity contribution < 1.29 is 9.53 Å². The monoisotopic (exact) mass is 411 g/mol. The highest BCUT2D eigenvalue weighted by atomic mass is 35.5. The normalized spacial score (nSPS) is 10.6. The van der Waals surface area contributed by atoms with Crippen molar-refractivity contribution in [1.82, 2.24) is 9.78 Å². The summed E-state index contributed by atoms with van der Waals surface area (Å²) in [6, 6.07) is 17.3. The lowest BCUT2D eigenvalue weighted by molar-refractivity contribution is -0.117. The summed E-state index contributed by atoms with van der Waals surface area (Å²) in [5.74, 6) is 0.400. The van der Waals surface area contributed by atoms with Crippen LogP contribution in [0.15, 0.2) is 65.5 Å². The molecule has 0 bridgehead atoms. The first-order valence-electron chi connectivity index (χ1n) is 9.42. The number of carbonyl (C=O) groups excluding carboxylic acids is 1. The lowest BCUT2D eigenvalue weighted by Gasteiger charge is -2.10. The maximum Gasteiger partial charge on any atom is 0.267 e. The molecule has 0 saturated heterocycles. The molecular formula is C22H22ClN3O3. The van der Waals surface area contributed by atoms with Gasteiger partial charge in [-0.1, -0.05) is 43.1 Å². The number of anilines is 1. The van der Waals surface area contributed by atoms with Crippen LogP contribution in [0.4, 0.5) is 5.69 Å². The molecule has 0 fully saturated rings. The van der Waals surface area contributed by atoms with E-state index in [0.717, 1.165) is 23.3 Å². The molecule has 3 aromatic rings. The molecule has 0 aliphatic rings. The fraction of sp³-hybridized carbons (Fsp3) is 0.227. The van der Waals surface area contributed by atoms with Crippen molar-refractivity contribution in [2.75, 3.05) is 11.9 Å². The second-order valence-corrected chi connectivity index (χ2v) is 6.88. The van der Waals surface area contributed by atoms with Crippen molar-refractivity contribution >= 4 is 23.2 Å². The van der Waals surface area contributed by atoms with E-state index in [-0.39, 0.29) is 18.0 Å². The predicted octanol–water partition coefficient (Wildman–Crippen LogP) is 4.38. The van der Waals surface area contributed by atoms with Gasteiger partial charge in [-0.2, -0.15) is 5.10 Å². The fourth-order valence-electron chi connectivity index (χ4n) is 2.68. The Bertz CT molecular complexity index is 1030. The SMILES string of the molecule is CCCCOc1ccc(NC(=O)Cn2nc(-c3ccccc3Cl)ccc2=O)cc1. The zero-order valence-corrected chi connectivity index (χ0v) is 16.9. The topological polar surface area (TPSA) is 73.2 Å². The van der Waals surface area contributed by atoms with Crippen molar-refractivity contribution in [3.05, 3.63) is 76.0 Å². The number of nitrogens with one attached hydrogen (secondary N) is 1. The third-order valence-corrected chi connectivity index (χ3v) is 4.54. The average molecular weight is 412 g/mol. The number of ether oxygens (including phenoxy) is 1. The number of nitrogens with zero attached hydrogens (tertiary/aromatic N) is 2. The summed E-state index contributed by atoms with van der Waals surface area (Å²) >= 11 is 6.20. The first-order chi connectivity index (χ1) is 14.1. The summed E-state index contributed by atoms with van der Waals surface area (Å²) in [6.07, 6.45) is 2.06. The molecular weight excluding hydrogens is 390 g/mol. The van der Waals surface area contributed by atoms with Crippen LogP contribution in [-0.2, 0) is 11.3 Å². The number of rotatable bonds is 8. The maximum absolute atomic E-state index is 12.4. The molecule has 0 saturated carbocycles. The Hall–Kier alpha value is -3.12. The van der Waals surface area contributed by atoms with E-state index < -0.39 is 0 Å². The van der Waals surface area contributed by atoms with Crippen molar-refractivity contribution in [3.63, 3.8) is 0 Å². The van der Waals surface area contributed by atoms with Gasteiger partial charge in [-0.15, -0.1) is 0 Å². The van der Waals surface area contributed by atoms with Crippen molar-refractivity contribution in [2.45, 2.75) is 26.3 Å². The number of carbonyl (C=O) groups is 1. The molecule has 3 rings (SSSR count). The lowest BCUT2D eigenvalue weighted by atomic mass is 10.1. The van der Waals surface area contributed by atoms with Gasteiger partial charge in [-0.05, 0) is 42.8 Å². The molecule has 0 atom stereocenters. The number of hydrogen-bond acceptors (Lipinski definition) is 4. The summed E-state index contributed by atoms with van der Waals surface area (Å²) in [5.41, 5.74) is 1.47. The van der Waals surface area contributed by atoms with Crippen LogP contribution in [0, 0.1) is 0 Å². The molecule has 1 aromatic heterocycles. The van der Waals surface area contributed by atoms with Gasteiger partial charge in [0.2, 0.25) is 5.91 Å². The summed E-state index contributed by atoms with van der Waals surface area (Å²) in [7, 11) is 0. The van der Waals surface area contributed by atoms with Crippen LogP contribution in [0.25, 0.3) is 11.3 Å². The Morgan fingerprint density at radius 2 is 1.86 bits per heavy atom. The van der Waals surface area contributed by atoms with Crippen LogP contribution in [0.2, 0.25) is 5.02 Å². The Morgan fingerprint density at radius 1 is 1.10 bits per heavy atom. The minimum Gasteiger partial charge on any atom is -0.494 e. The van der Waals surface area contributed by atoms with Gasteiger partial charge >= 0.3 is 0 Å². The molecule has 1 N–H and O–H groups in total. The van der Waals surface area contributed by atoms with Crippen LogP contribution < -0.4 is 15.6 Å². The quantitative estimate of drug-likeness (QED) is 0.558. The minimum absolute atomic E-state index is 0.203. The zero-order chi connectivity index (χ0) is 20.6. The van der Waals surface area contributed by atoms with E-state index in [0.29, 0.717) is 28.6 Å². The molecule has 2 aromatic carbocycles. The van der Waals surface area contributed by atoms with Gasteiger partial charge in [0.15, 0.2) is 0 Å². The highest BCUT2D eigenvalue weighted by Gasteiger charge is 2.10. The van der Waals surface area contributed by atoms with Crippen molar-refractivity contribution in [3.8, 4) is 17.0 Å². The van der Waals surface area contributed by atoms with Gasteiger partial charge in [0.25, 0.3) is 5.56 Å². The Balaban J connectivity index is 1.67. The largest absolute Gasteiger partial charge is 0.494 e. The minimum atomic E-state index is -0.365. The molecule has 1 heterocycles. The van der Waals surface area contributed by atoms with Gasteiger partial charge < -0.3 is 10.1 Å². The van der Waals surface area contributed by atoms with Crippen molar-refractivity contribution in [2.24, 2.45) is 0 Å². The van der Waals surface area contributed by atoms with Gasteiger partial charge in [0.1, 0.15) is 12.3 Å². The van der Waals surface area contributed by atoms with Crippen LogP contribution in [-0.4, -0.2) is 22.3 Å². The van der Waals surface area contributed by atoms with E-state index in [4.69, 9.17) is 16.3 Å². The van der Waals surface area contributed by atoms with E-state index in [1.54, 1.807) is 36.4 Å². The van der Waals surface area contributed by atoms with Crippen molar-refractivity contribution in [1.29, 1.82) is 0 Å². The average Bonchev–Trinajstić information content (AvgIpc) is 2.72. The maximum atomic E-state index is 12.4. The second kappa shape index (κ2) is 9.89. The van der Waals surface area contributed by atoms with Gasteiger partial charge in [-0.3, -0.25) is 9.59 Å². The molecule has 0 aliphatic heterocycles. The van der Waals surface area contributed by atoms with E-state index in [1.165, 1.54) is 6.07 Å². The first-order valence-corrected chi connectivity index (χ1v) is 9.80. The molecule has 150 valence electrons. The number of benzene rings is 2. The van der Waals surface area contributed by atoms with Crippen LogP contribution in [0.3, 0.4) is 0 Å². The molecule has 0 radical (unpaired) electrons. The molecule has 0 aliphatic carbocycles. The third kappa shape index (κ3) is 5.68. The predicted molar refractivity (Wildman–Crippen MR) is 114 cm³/mol. The highest BCUT2D eigenvalue weighted by Crippen LogP contribution is 2.24. The second-order valence-electron chi connectivity index (χ2n) is 6.47. The smallest absolute Gasteiger partial charge is 0.267 e. The molecule has 29 heavy (non-hydrogen) atoms. The Labute approximate surface area is 174 Å². The van der Waals surface area contributed by atoms with Crippen LogP contribution >= 0.6 is 11.6 Å². The molecule has 0 spiro atoms. The third-order valence-electron chi connectivity index (χ3n) is 4.21. The summed E-state index contributed by atoms with van der Waals surface area (Å²) in [6.45, 7) is 2.57. The highest BCUT2D eigenvalue weighted by molar-refractivity contribution is 6.33. The lowest BCUT2D eigenvalue weighted by Crippen LogP contribution is -2.29. The van der Waals surface area contributed by atoms with Gasteiger partial charge in [-0.25, -0.2) is 4.68 Å². The molecule has 1 amide bonds. The number of amides is 1. The Kier molecular flexibility index (Phi) is 7.03. The summed E-state index contributed by atoms with van der Waals surface area (Å²) < 4.78 is 6.72. The van der Waals surface area contributed by atoms with Gasteiger partial charge in [0.05, 0.1) is 17.3 Å². The van der Waals surface area contributed by atoms with Crippen LogP contribution in [0.5, 0.6) is 5.75 Å². The first kappa shape index (κ1) is 20.6.